The zero-order chi connectivity index (χ0) is 20.1. The first-order valence-electron chi connectivity index (χ1n) is 8.06. The number of methoxy groups -OCH3 is 1. The van der Waals surface area contributed by atoms with Crippen molar-refractivity contribution in [1.29, 1.82) is 0 Å². The van der Waals surface area contributed by atoms with Gasteiger partial charge in [-0.05, 0) is 43.3 Å². The van der Waals surface area contributed by atoms with Crippen molar-refractivity contribution in [2.24, 2.45) is 0 Å². The second kappa shape index (κ2) is 9.35. The van der Waals surface area contributed by atoms with E-state index >= 15 is 0 Å². The topological polar surface area (TPSA) is 82.3 Å². The number of Topliss-reactive ketones (excluding diaryl/α,β-unsaturated/α-hetero) is 1. The number of esters is 1. The fraction of sp³-hybridized carbons (Fsp3) is 0.222. The fourth-order valence-electron chi connectivity index (χ4n) is 2.16. The number of hydrogen-bond acceptors (Lipinski definition) is 9. The van der Waals surface area contributed by atoms with Gasteiger partial charge in [0.1, 0.15) is 11.6 Å². The molecule has 10 heteroatoms. The van der Waals surface area contributed by atoms with Crippen LogP contribution < -0.4 is 0 Å². The van der Waals surface area contributed by atoms with Crippen molar-refractivity contribution < 1.29 is 23.1 Å². The summed E-state index contributed by atoms with van der Waals surface area (Å²) >= 11 is 4.10. The van der Waals surface area contributed by atoms with E-state index in [-0.39, 0.29) is 22.6 Å². The van der Waals surface area contributed by atoms with E-state index < -0.39 is 5.97 Å². The van der Waals surface area contributed by atoms with Crippen LogP contribution in [0.4, 0.5) is 4.39 Å². The van der Waals surface area contributed by atoms with Gasteiger partial charge in [0.05, 0.1) is 18.1 Å². The van der Waals surface area contributed by atoms with Crippen LogP contribution in [0.15, 0.2) is 49.5 Å². The quantitative estimate of drug-likeness (QED) is 0.284. The molecule has 0 amide bonds. The van der Waals surface area contributed by atoms with E-state index in [0.29, 0.717) is 21.4 Å². The summed E-state index contributed by atoms with van der Waals surface area (Å²) in [6, 6.07) is 8.75. The van der Waals surface area contributed by atoms with E-state index in [2.05, 4.69) is 14.9 Å². The summed E-state index contributed by atoms with van der Waals surface area (Å²) in [5.41, 5.74) is 0.458. The number of ether oxygens (including phenoxy) is 1. The Hall–Kier alpha value is -2.17. The number of carbonyl (C=O) groups is 2. The van der Waals surface area contributed by atoms with Gasteiger partial charge in [0.2, 0.25) is 5.76 Å². The Kier molecular flexibility index (Phi) is 6.87. The van der Waals surface area contributed by atoms with E-state index in [9.17, 15) is 14.0 Å². The number of nitrogens with zero attached hydrogens (tertiary/aromatic N) is 2. The number of furan rings is 1. The molecule has 2 heterocycles. The first-order chi connectivity index (χ1) is 13.5. The highest BCUT2D eigenvalue weighted by Gasteiger charge is 2.19. The van der Waals surface area contributed by atoms with Crippen LogP contribution in [0.25, 0.3) is 0 Å². The van der Waals surface area contributed by atoms with Crippen LogP contribution in [-0.4, -0.2) is 34.3 Å². The Labute approximate surface area is 172 Å². The molecule has 1 atom stereocenters. The maximum absolute atomic E-state index is 13.0. The van der Waals surface area contributed by atoms with E-state index in [1.54, 1.807) is 19.1 Å². The number of aromatic nitrogens is 2. The van der Waals surface area contributed by atoms with Crippen molar-refractivity contribution in [2.45, 2.75) is 26.6 Å². The number of rotatable bonds is 8. The van der Waals surface area contributed by atoms with Crippen LogP contribution in [0.3, 0.4) is 0 Å². The maximum atomic E-state index is 13.0. The van der Waals surface area contributed by atoms with Gasteiger partial charge in [-0.2, -0.15) is 0 Å². The SMILES string of the molecule is COC(=O)c1ccc(CSc2nnc(S[C@H](C)C(=O)c3ccc(F)cc3)s2)o1. The van der Waals surface area contributed by atoms with Crippen molar-refractivity contribution >= 4 is 46.6 Å². The van der Waals surface area contributed by atoms with Crippen LogP contribution in [0.1, 0.15) is 33.6 Å². The van der Waals surface area contributed by atoms with Crippen LogP contribution >= 0.6 is 34.9 Å². The standard InChI is InChI=1S/C18H15FN2O4S3/c1-10(15(22)11-3-5-12(19)6-4-11)27-18-21-20-17(28-18)26-9-13-7-8-14(25-13)16(23)24-2/h3-8,10H,9H2,1-2H3/t10-/m1/s1. The minimum atomic E-state index is -0.523. The summed E-state index contributed by atoms with van der Waals surface area (Å²) in [7, 11) is 1.29. The average Bonchev–Trinajstić information content (AvgIpc) is 3.35. The number of benzene rings is 1. The third-order valence-corrected chi connectivity index (χ3v) is 6.81. The molecule has 3 rings (SSSR count). The summed E-state index contributed by atoms with van der Waals surface area (Å²) in [5, 5.41) is 7.83. The van der Waals surface area contributed by atoms with E-state index in [4.69, 9.17) is 4.42 Å². The second-order valence-corrected chi connectivity index (χ2v) is 9.30. The van der Waals surface area contributed by atoms with Gasteiger partial charge in [-0.15, -0.1) is 10.2 Å². The Morgan fingerprint density at radius 3 is 2.61 bits per heavy atom. The molecule has 146 valence electrons. The minimum absolute atomic E-state index is 0.0969. The molecule has 0 N–H and O–H groups in total. The average molecular weight is 439 g/mol. The lowest BCUT2D eigenvalue weighted by Gasteiger charge is -2.07. The molecule has 0 aliphatic carbocycles. The molecule has 2 aromatic heterocycles. The summed E-state index contributed by atoms with van der Waals surface area (Å²) in [6.45, 7) is 1.78. The Morgan fingerprint density at radius 2 is 1.89 bits per heavy atom. The van der Waals surface area contributed by atoms with Gasteiger partial charge in [-0.25, -0.2) is 9.18 Å². The summed E-state index contributed by atoms with van der Waals surface area (Å²) in [6.07, 6.45) is 0. The predicted octanol–water partition coefficient (Wildman–Crippen LogP) is 4.71. The molecule has 0 saturated carbocycles. The van der Waals surface area contributed by atoms with Gasteiger partial charge in [0.25, 0.3) is 0 Å². The zero-order valence-corrected chi connectivity index (χ0v) is 17.3. The molecule has 3 aromatic rings. The molecular formula is C18H15FN2O4S3. The highest BCUT2D eigenvalue weighted by Crippen LogP contribution is 2.33. The monoisotopic (exact) mass is 438 g/mol. The van der Waals surface area contributed by atoms with Crippen molar-refractivity contribution in [3.8, 4) is 0 Å². The smallest absolute Gasteiger partial charge is 0.373 e. The molecule has 0 radical (unpaired) electrons. The largest absolute Gasteiger partial charge is 0.463 e. The molecule has 0 saturated heterocycles. The third-order valence-electron chi connectivity index (χ3n) is 3.55. The third kappa shape index (κ3) is 5.21. The highest BCUT2D eigenvalue weighted by molar-refractivity contribution is 8.03. The fourth-order valence-corrected chi connectivity index (χ4v) is 5.29. The van der Waals surface area contributed by atoms with Crippen molar-refractivity contribution in [1.82, 2.24) is 10.2 Å². The minimum Gasteiger partial charge on any atom is -0.463 e. The zero-order valence-electron chi connectivity index (χ0n) is 14.9. The number of carbonyl (C=O) groups excluding carboxylic acids is 2. The number of hydrogen-bond donors (Lipinski definition) is 0. The Balaban J connectivity index is 1.55. The van der Waals surface area contributed by atoms with Gasteiger partial charge < -0.3 is 9.15 Å². The molecule has 0 aliphatic rings. The number of ketones is 1. The first-order valence-corrected chi connectivity index (χ1v) is 10.7. The number of thioether (sulfide) groups is 2. The first kappa shape index (κ1) is 20.6. The van der Waals surface area contributed by atoms with Gasteiger partial charge in [0, 0.05) is 5.56 Å². The van der Waals surface area contributed by atoms with Crippen molar-refractivity contribution in [3.63, 3.8) is 0 Å². The Bertz CT molecular complexity index is 971. The Morgan fingerprint density at radius 1 is 1.18 bits per heavy atom. The molecule has 0 unspecified atom stereocenters. The van der Waals surface area contributed by atoms with Crippen LogP contribution in [0, 0.1) is 5.82 Å². The molecule has 1 aromatic carbocycles. The summed E-state index contributed by atoms with van der Waals surface area (Å²) in [4.78, 5) is 23.8. The molecular weight excluding hydrogens is 423 g/mol. The predicted molar refractivity (Wildman–Crippen MR) is 106 cm³/mol. The van der Waals surface area contributed by atoms with E-state index in [1.165, 1.54) is 66.2 Å². The van der Waals surface area contributed by atoms with E-state index in [0.717, 1.165) is 4.34 Å². The van der Waals surface area contributed by atoms with Gasteiger partial charge in [-0.1, -0.05) is 34.9 Å². The lowest BCUT2D eigenvalue weighted by Crippen LogP contribution is -2.13. The lowest BCUT2D eigenvalue weighted by molar-refractivity contribution is 0.0563. The van der Waals surface area contributed by atoms with E-state index in [1.807, 2.05) is 0 Å². The second-order valence-electron chi connectivity index (χ2n) is 5.51. The molecule has 0 spiro atoms. The molecule has 6 nitrogen and oxygen atoms in total. The summed E-state index contributed by atoms with van der Waals surface area (Å²) < 4.78 is 24.4. The van der Waals surface area contributed by atoms with Crippen molar-refractivity contribution in [3.05, 3.63) is 59.3 Å². The molecule has 28 heavy (non-hydrogen) atoms. The maximum Gasteiger partial charge on any atom is 0.373 e. The molecule has 0 aliphatic heterocycles. The normalized spacial score (nSPS) is 12.0. The number of halogens is 1. The summed E-state index contributed by atoms with van der Waals surface area (Å²) in [5.74, 6) is 0.263. The van der Waals surface area contributed by atoms with Crippen LogP contribution in [0.5, 0.6) is 0 Å². The van der Waals surface area contributed by atoms with Crippen LogP contribution in [0.2, 0.25) is 0 Å². The highest BCUT2D eigenvalue weighted by atomic mass is 32.2. The van der Waals surface area contributed by atoms with Crippen LogP contribution in [-0.2, 0) is 10.5 Å². The van der Waals surface area contributed by atoms with Gasteiger partial charge >= 0.3 is 5.97 Å². The molecule has 0 fully saturated rings. The van der Waals surface area contributed by atoms with Gasteiger partial charge in [0.15, 0.2) is 14.5 Å². The van der Waals surface area contributed by atoms with Crippen molar-refractivity contribution in [2.75, 3.05) is 7.11 Å². The van der Waals surface area contributed by atoms with Gasteiger partial charge in [-0.3, -0.25) is 4.79 Å². The lowest BCUT2D eigenvalue weighted by atomic mass is 10.1. The molecule has 0 bridgehead atoms.